The van der Waals surface area contributed by atoms with Gasteiger partial charge in [-0.1, -0.05) is 0 Å². The lowest BCUT2D eigenvalue weighted by Crippen LogP contribution is -2.33. The minimum Gasteiger partial charge on any atom is -0.383 e. The van der Waals surface area contributed by atoms with E-state index in [9.17, 15) is 0 Å². The number of thiophene rings is 1. The van der Waals surface area contributed by atoms with Crippen LogP contribution in [0.2, 0.25) is 0 Å². The van der Waals surface area contributed by atoms with Gasteiger partial charge in [0, 0.05) is 18.5 Å². The third kappa shape index (κ3) is 7.96. The van der Waals surface area contributed by atoms with Gasteiger partial charge < -0.3 is 15.8 Å². The van der Waals surface area contributed by atoms with Gasteiger partial charge in [-0.05, 0) is 34.5 Å². The molecule has 1 heterocycles. The van der Waals surface area contributed by atoms with Gasteiger partial charge in [-0.2, -0.15) is 0 Å². The lowest BCUT2D eigenvalue weighted by atomic mass is 10.3. The van der Waals surface area contributed by atoms with Crippen molar-refractivity contribution in [2.45, 2.75) is 6.42 Å². The summed E-state index contributed by atoms with van der Waals surface area (Å²) in [5, 5.41) is 3.06. The first-order valence-electron chi connectivity index (χ1n) is 4.99. The zero-order valence-electron chi connectivity index (χ0n) is 9.61. The molecule has 0 saturated heterocycles. The van der Waals surface area contributed by atoms with E-state index in [2.05, 4.69) is 38.4 Å². The standard InChI is InChI=1S/C10H16BrN3OS.HI/c1-15-7-6-14-10(12)13-5-4-8-2-3-9(11)16-8;/h2-3H,4-7H2,1H3,(H3,12,13,14);1H. The van der Waals surface area contributed by atoms with Crippen molar-refractivity contribution in [1.82, 2.24) is 5.32 Å². The number of aliphatic imine (C=N–C) groups is 1. The summed E-state index contributed by atoms with van der Waals surface area (Å²) in [6.07, 6.45) is 0.955. The van der Waals surface area contributed by atoms with Gasteiger partial charge >= 0.3 is 0 Å². The lowest BCUT2D eigenvalue weighted by Gasteiger charge is -2.04. The zero-order chi connectivity index (χ0) is 11.8. The van der Waals surface area contributed by atoms with Crippen molar-refractivity contribution in [3.05, 3.63) is 20.8 Å². The molecule has 4 nitrogen and oxygen atoms in total. The quantitative estimate of drug-likeness (QED) is 0.313. The molecule has 0 aliphatic rings. The Morgan fingerprint density at radius 3 is 2.94 bits per heavy atom. The van der Waals surface area contributed by atoms with Gasteiger partial charge in [0.25, 0.3) is 0 Å². The van der Waals surface area contributed by atoms with Crippen molar-refractivity contribution in [2.24, 2.45) is 10.7 Å². The molecule has 1 aromatic rings. The lowest BCUT2D eigenvalue weighted by molar-refractivity contribution is 0.208. The van der Waals surface area contributed by atoms with E-state index in [1.54, 1.807) is 18.4 Å². The van der Waals surface area contributed by atoms with Gasteiger partial charge in [-0.3, -0.25) is 4.99 Å². The van der Waals surface area contributed by atoms with Crippen molar-refractivity contribution in [1.29, 1.82) is 0 Å². The number of nitrogens with one attached hydrogen (secondary N) is 1. The van der Waals surface area contributed by atoms with Gasteiger partial charge in [0.1, 0.15) is 0 Å². The molecule has 0 aromatic carbocycles. The highest BCUT2D eigenvalue weighted by Gasteiger charge is 1.97. The number of hydrogen-bond acceptors (Lipinski definition) is 3. The molecule has 1 rings (SSSR count). The summed E-state index contributed by atoms with van der Waals surface area (Å²) >= 11 is 5.17. The molecular weight excluding hydrogens is 417 g/mol. The van der Waals surface area contributed by atoms with E-state index in [-0.39, 0.29) is 24.0 Å². The molecule has 0 radical (unpaired) electrons. The van der Waals surface area contributed by atoms with Gasteiger partial charge in [0.05, 0.1) is 16.9 Å². The molecule has 17 heavy (non-hydrogen) atoms. The second-order valence-electron chi connectivity index (χ2n) is 3.14. The van der Waals surface area contributed by atoms with E-state index in [0.717, 1.165) is 16.8 Å². The minimum atomic E-state index is 0. The van der Waals surface area contributed by atoms with E-state index in [1.807, 2.05) is 0 Å². The van der Waals surface area contributed by atoms with Crippen LogP contribution in [0, 0.1) is 0 Å². The Morgan fingerprint density at radius 2 is 2.35 bits per heavy atom. The Labute approximate surface area is 131 Å². The summed E-state index contributed by atoms with van der Waals surface area (Å²) in [6.45, 7) is 2.00. The van der Waals surface area contributed by atoms with Crippen LogP contribution in [0.15, 0.2) is 20.9 Å². The van der Waals surface area contributed by atoms with Gasteiger partial charge in [0.15, 0.2) is 5.96 Å². The fraction of sp³-hybridized carbons (Fsp3) is 0.500. The van der Waals surface area contributed by atoms with Crippen LogP contribution < -0.4 is 11.1 Å². The van der Waals surface area contributed by atoms with E-state index in [1.165, 1.54) is 4.88 Å². The third-order valence-corrected chi connectivity index (χ3v) is 3.57. The summed E-state index contributed by atoms with van der Waals surface area (Å²) in [7, 11) is 1.65. The summed E-state index contributed by atoms with van der Waals surface area (Å²) in [6, 6.07) is 4.16. The zero-order valence-corrected chi connectivity index (χ0v) is 14.3. The maximum Gasteiger partial charge on any atom is 0.188 e. The number of methoxy groups -OCH3 is 1. The van der Waals surface area contributed by atoms with Crippen molar-refractivity contribution >= 4 is 57.2 Å². The molecule has 0 saturated carbocycles. The van der Waals surface area contributed by atoms with Crippen LogP contribution in [0.3, 0.4) is 0 Å². The highest BCUT2D eigenvalue weighted by atomic mass is 127. The maximum absolute atomic E-state index is 5.66. The van der Waals surface area contributed by atoms with E-state index < -0.39 is 0 Å². The van der Waals surface area contributed by atoms with E-state index in [4.69, 9.17) is 10.5 Å². The Balaban J connectivity index is 0.00000256. The Kier molecular flexibility index (Phi) is 10.2. The summed E-state index contributed by atoms with van der Waals surface area (Å²) in [5.41, 5.74) is 5.66. The Hall–Kier alpha value is 0.140. The largest absolute Gasteiger partial charge is 0.383 e. The highest BCUT2D eigenvalue weighted by molar-refractivity contribution is 14.0. The normalized spacial score (nSPS) is 11.1. The van der Waals surface area contributed by atoms with Crippen LogP contribution >= 0.6 is 51.2 Å². The summed E-state index contributed by atoms with van der Waals surface area (Å²) in [5.74, 6) is 0.479. The molecule has 1 aromatic heterocycles. The number of nitrogens with two attached hydrogens (primary N) is 1. The Bertz CT molecular complexity index is 346. The smallest absolute Gasteiger partial charge is 0.188 e. The Morgan fingerprint density at radius 1 is 1.59 bits per heavy atom. The molecule has 0 unspecified atom stereocenters. The summed E-state index contributed by atoms with van der Waals surface area (Å²) in [4.78, 5) is 5.43. The second kappa shape index (κ2) is 10.1. The number of nitrogens with zero attached hydrogens (tertiary/aromatic N) is 1. The van der Waals surface area contributed by atoms with Crippen LogP contribution in [-0.4, -0.2) is 32.8 Å². The first-order valence-corrected chi connectivity index (χ1v) is 6.60. The predicted octanol–water partition coefficient (Wildman–Crippen LogP) is 2.22. The van der Waals surface area contributed by atoms with Gasteiger partial charge in [0.2, 0.25) is 0 Å². The molecule has 98 valence electrons. The molecule has 0 atom stereocenters. The molecule has 0 bridgehead atoms. The average Bonchev–Trinajstić information content (AvgIpc) is 2.65. The van der Waals surface area contributed by atoms with Crippen molar-refractivity contribution in [3.63, 3.8) is 0 Å². The van der Waals surface area contributed by atoms with Crippen LogP contribution in [0.5, 0.6) is 0 Å². The molecule has 0 aliphatic heterocycles. The highest BCUT2D eigenvalue weighted by Crippen LogP contribution is 2.21. The van der Waals surface area contributed by atoms with Gasteiger partial charge in [-0.25, -0.2) is 0 Å². The van der Waals surface area contributed by atoms with E-state index in [0.29, 0.717) is 19.1 Å². The fourth-order valence-corrected chi connectivity index (χ4v) is 2.60. The first kappa shape index (κ1) is 17.1. The SMILES string of the molecule is COCCN=C(N)NCCc1ccc(Br)s1.I. The van der Waals surface area contributed by atoms with Crippen LogP contribution in [0.25, 0.3) is 0 Å². The molecule has 0 aliphatic carbocycles. The van der Waals surface area contributed by atoms with Crippen LogP contribution in [0.1, 0.15) is 4.88 Å². The molecule has 0 amide bonds. The maximum atomic E-state index is 5.66. The van der Waals surface area contributed by atoms with Crippen LogP contribution in [0.4, 0.5) is 0 Å². The number of ether oxygens (including phenoxy) is 1. The second-order valence-corrected chi connectivity index (χ2v) is 5.69. The minimum absolute atomic E-state index is 0. The van der Waals surface area contributed by atoms with E-state index >= 15 is 0 Å². The molecule has 0 spiro atoms. The van der Waals surface area contributed by atoms with Gasteiger partial charge in [-0.15, -0.1) is 35.3 Å². The molecule has 0 fully saturated rings. The number of guanidine groups is 1. The topological polar surface area (TPSA) is 59.6 Å². The third-order valence-electron chi connectivity index (χ3n) is 1.88. The number of rotatable bonds is 6. The van der Waals surface area contributed by atoms with Crippen molar-refractivity contribution < 1.29 is 4.74 Å². The molecular formula is C10H17BrIN3OS. The molecule has 3 N–H and O–H groups in total. The van der Waals surface area contributed by atoms with Crippen LogP contribution in [-0.2, 0) is 11.2 Å². The average molecular weight is 434 g/mol. The monoisotopic (exact) mass is 433 g/mol. The van der Waals surface area contributed by atoms with Crippen molar-refractivity contribution in [3.8, 4) is 0 Å². The number of hydrogen-bond donors (Lipinski definition) is 2. The predicted molar refractivity (Wildman–Crippen MR) is 87.5 cm³/mol. The summed E-state index contributed by atoms with van der Waals surface area (Å²) < 4.78 is 6.03. The van der Waals surface area contributed by atoms with Crippen molar-refractivity contribution in [2.75, 3.05) is 26.8 Å². The molecule has 7 heteroatoms. The first-order chi connectivity index (χ1) is 7.72. The number of halogens is 2. The fourth-order valence-electron chi connectivity index (χ4n) is 1.11.